The second-order valence-electron chi connectivity index (χ2n) is 8.98. The number of hydrogen-bond donors (Lipinski definition) is 2. The third-order valence-electron chi connectivity index (χ3n) is 6.08. The van der Waals surface area contributed by atoms with Gasteiger partial charge < -0.3 is 15.4 Å². The molecule has 0 bridgehead atoms. The molecule has 9 nitrogen and oxygen atoms in total. The molecule has 1 amide bonds. The van der Waals surface area contributed by atoms with E-state index in [1.807, 2.05) is 37.3 Å². The van der Waals surface area contributed by atoms with Crippen LogP contribution < -0.4 is 15.4 Å². The normalized spacial score (nSPS) is 11.0. The van der Waals surface area contributed by atoms with Gasteiger partial charge in [0.2, 0.25) is 5.91 Å². The molecular formula is C29H27F2N7O2. The molecule has 2 aromatic carbocycles. The summed E-state index contributed by atoms with van der Waals surface area (Å²) in [4.78, 5) is 25.0. The maximum Gasteiger partial charge on any atom is 0.222 e. The lowest BCUT2D eigenvalue weighted by molar-refractivity contribution is -0.114. The fraction of sp³-hybridized carbons (Fsp3) is 0.207. The molecule has 0 aliphatic heterocycles. The fourth-order valence-electron chi connectivity index (χ4n) is 4.30. The van der Waals surface area contributed by atoms with Gasteiger partial charge in [-0.05, 0) is 25.5 Å². The summed E-state index contributed by atoms with van der Waals surface area (Å²) in [7, 11) is 0. The third-order valence-corrected chi connectivity index (χ3v) is 6.08. The number of para-hydroxylation sites is 1. The Balaban J connectivity index is 1.53. The number of carbonyl (C=O) groups excluding carboxylic acids is 1. The van der Waals surface area contributed by atoms with E-state index in [2.05, 4.69) is 15.6 Å². The summed E-state index contributed by atoms with van der Waals surface area (Å²) >= 11 is 0. The molecule has 204 valence electrons. The second-order valence-corrected chi connectivity index (χ2v) is 8.98. The molecule has 0 fully saturated rings. The molecule has 0 aliphatic rings. The molecular weight excluding hydrogens is 516 g/mol. The highest BCUT2D eigenvalue weighted by Crippen LogP contribution is 2.30. The molecule has 11 heteroatoms. The first-order chi connectivity index (χ1) is 19.3. The van der Waals surface area contributed by atoms with Crippen LogP contribution in [0.4, 0.5) is 26.1 Å². The van der Waals surface area contributed by atoms with E-state index in [4.69, 9.17) is 19.8 Å². The lowest BCUT2D eigenvalue weighted by Crippen LogP contribution is -2.08. The number of nitrogens with one attached hydrogen (secondary N) is 2. The van der Waals surface area contributed by atoms with E-state index >= 15 is 0 Å². The van der Waals surface area contributed by atoms with Gasteiger partial charge in [-0.3, -0.25) is 9.48 Å². The first-order valence-electron chi connectivity index (χ1n) is 12.8. The predicted octanol–water partition coefficient (Wildman–Crippen LogP) is 5.88. The van der Waals surface area contributed by atoms with E-state index in [9.17, 15) is 13.6 Å². The summed E-state index contributed by atoms with van der Waals surface area (Å²) in [5, 5.41) is 11.3. The van der Waals surface area contributed by atoms with Crippen LogP contribution in [0.3, 0.4) is 0 Å². The predicted molar refractivity (Wildman–Crippen MR) is 149 cm³/mol. The summed E-state index contributed by atoms with van der Waals surface area (Å²) in [5.41, 5.74) is 2.48. The van der Waals surface area contributed by atoms with Gasteiger partial charge in [0.1, 0.15) is 34.7 Å². The molecule has 0 spiro atoms. The highest BCUT2D eigenvalue weighted by Gasteiger charge is 2.19. The van der Waals surface area contributed by atoms with Crippen molar-refractivity contribution < 1.29 is 18.3 Å². The van der Waals surface area contributed by atoms with E-state index in [-0.39, 0.29) is 23.8 Å². The van der Waals surface area contributed by atoms with Crippen LogP contribution >= 0.6 is 0 Å². The zero-order valence-electron chi connectivity index (χ0n) is 22.2. The minimum atomic E-state index is -0.712. The molecule has 0 saturated carbocycles. The Labute approximate surface area is 229 Å². The maximum atomic E-state index is 14.9. The number of benzene rings is 2. The van der Waals surface area contributed by atoms with Crippen molar-refractivity contribution in [2.45, 2.75) is 33.7 Å². The molecule has 0 radical (unpaired) electrons. The number of rotatable bonds is 9. The average Bonchev–Trinajstić information content (AvgIpc) is 3.29. The summed E-state index contributed by atoms with van der Waals surface area (Å²) < 4.78 is 36.6. The van der Waals surface area contributed by atoms with Gasteiger partial charge in [0.05, 0.1) is 18.7 Å². The first kappa shape index (κ1) is 26.7. The number of fused-ring (bicyclic) bond motifs is 1. The number of nitrogens with zero attached hydrogens (tertiary/aromatic N) is 5. The number of aryl methyl sites for hydroxylation is 1. The molecule has 0 saturated heterocycles. The Morgan fingerprint density at radius 1 is 1.00 bits per heavy atom. The number of hydrogen-bond acceptors (Lipinski definition) is 7. The van der Waals surface area contributed by atoms with Crippen molar-refractivity contribution in [1.29, 1.82) is 0 Å². The largest absolute Gasteiger partial charge is 0.494 e. The number of anilines is 3. The van der Waals surface area contributed by atoms with Crippen molar-refractivity contribution in [3.05, 3.63) is 83.7 Å². The standard InChI is InChI=1S/C29H27F2N7O2/c1-4-18-12-27(34-19-10-11-32-26(13-19)33-17(3)39)36-29(35-18)28-21-8-6-7-9-25(21)38(37-28)16-22-23(30)14-20(40-5-2)15-24(22)31/h6-15H,4-5,16H2,1-3H3,(H2,32,33,34,35,36,39). The molecule has 3 aromatic heterocycles. The van der Waals surface area contributed by atoms with Gasteiger partial charge in [-0.1, -0.05) is 25.1 Å². The first-order valence-corrected chi connectivity index (χ1v) is 12.8. The molecule has 0 unspecified atom stereocenters. The van der Waals surface area contributed by atoms with Crippen molar-refractivity contribution in [3.63, 3.8) is 0 Å². The van der Waals surface area contributed by atoms with Gasteiger partial charge in [-0.25, -0.2) is 23.7 Å². The van der Waals surface area contributed by atoms with E-state index in [0.717, 1.165) is 11.1 Å². The van der Waals surface area contributed by atoms with E-state index in [1.165, 1.54) is 19.1 Å². The molecule has 3 heterocycles. The minimum absolute atomic E-state index is 0.124. The number of ether oxygens (including phenoxy) is 1. The highest BCUT2D eigenvalue weighted by atomic mass is 19.1. The molecule has 0 aliphatic carbocycles. The number of aromatic nitrogens is 5. The Morgan fingerprint density at radius 3 is 2.50 bits per heavy atom. The molecule has 5 aromatic rings. The van der Waals surface area contributed by atoms with Gasteiger partial charge in [0.25, 0.3) is 0 Å². The van der Waals surface area contributed by atoms with Gasteiger partial charge in [-0.2, -0.15) is 5.10 Å². The fourth-order valence-corrected chi connectivity index (χ4v) is 4.30. The molecule has 2 N–H and O–H groups in total. The van der Waals surface area contributed by atoms with Crippen LogP contribution in [-0.2, 0) is 17.8 Å². The van der Waals surface area contributed by atoms with E-state index in [0.29, 0.717) is 47.4 Å². The van der Waals surface area contributed by atoms with Crippen LogP contribution in [-0.4, -0.2) is 37.2 Å². The Morgan fingerprint density at radius 2 is 1.77 bits per heavy atom. The number of amides is 1. The highest BCUT2D eigenvalue weighted by molar-refractivity contribution is 5.92. The smallest absolute Gasteiger partial charge is 0.222 e. The van der Waals surface area contributed by atoms with E-state index < -0.39 is 11.6 Å². The van der Waals surface area contributed by atoms with Crippen LogP contribution in [0.1, 0.15) is 32.0 Å². The van der Waals surface area contributed by atoms with Crippen LogP contribution in [0, 0.1) is 11.6 Å². The lowest BCUT2D eigenvalue weighted by atomic mass is 10.1. The van der Waals surface area contributed by atoms with Crippen LogP contribution in [0.15, 0.2) is 60.8 Å². The van der Waals surface area contributed by atoms with Crippen molar-refractivity contribution >= 4 is 34.1 Å². The quantitative estimate of drug-likeness (QED) is 0.239. The topological polar surface area (TPSA) is 107 Å². The van der Waals surface area contributed by atoms with Crippen LogP contribution in [0.5, 0.6) is 5.75 Å². The minimum Gasteiger partial charge on any atom is -0.494 e. The molecule has 0 atom stereocenters. The Bertz CT molecular complexity index is 1680. The molecule has 40 heavy (non-hydrogen) atoms. The van der Waals surface area contributed by atoms with Crippen molar-refractivity contribution in [2.24, 2.45) is 0 Å². The van der Waals surface area contributed by atoms with Crippen LogP contribution in [0.2, 0.25) is 0 Å². The second kappa shape index (κ2) is 11.4. The zero-order chi connectivity index (χ0) is 28.2. The Kier molecular flexibility index (Phi) is 7.63. The van der Waals surface area contributed by atoms with Crippen LogP contribution in [0.25, 0.3) is 22.4 Å². The zero-order valence-corrected chi connectivity index (χ0v) is 22.2. The number of pyridine rings is 1. The van der Waals surface area contributed by atoms with Gasteiger partial charge >= 0.3 is 0 Å². The Hall–Kier alpha value is -4.93. The summed E-state index contributed by atoms with van der Waals surface area (Å²) in [6, 6.07) is 15.0. The average molecular weight is 544 g/mol. The van der Waals surface area contributed by atoms with Gasteiger partial charge in [-0.15, -0.1) is 0 Å². The van der Waals surface area contributed by atoms with Crippen molar-refractivity contribution in [1.82, 2.24) is 24.7 Å². The SMILES string of the molecule is CCOc1cc(F)c(Cn2nc(-c3nc(CC)cc(Nc4ccnc(NC(C)=O)c4)n3)c3ccccc32)c(F)c1. The summed E-state index contributed by atoms with van der Waals surface area (Å²) in [5.74, 6) is -0.233. The van der Waals surface area contributed by atoms with Crippen molar-refractivity contribution in [2.75, 3.05) is 17.2 Å². The van der Waals surface area contributed by atoms with Gasteiger partial charge in [0.15, 0.2) is 5.82 Å². The van der Waals surface area contributed by atoms with Gasteiger partial charge in [0, 0.05) is 59.7 Å². The maximum absolute atomic E-state index is 14.9. The number of carbonyl (C=O) groups is 1. The number of halogens is 2. The molecule has 5 rings (SSSR count). The summed E-state index contributed by atoms with van der Waals surface area (Å²) in [6.07, 6.45) is 2.21. The lowest BCUT2D eigenvalue weighted by Gasteiger charge is -2.10. The third kappa shape index (κ3) is 5.73. The van der Waals surface area contributed by atoms with E-state index in [1.54, 1.807) is 29.9 Å². The monoisotopic (exact) mass is 543 g/mol. The van der Waals surface area contributed by atoms with Crippen molar-refractivity contribution in [3.8, 4) is 17.3 Å². The summed E-state index contributed by atoms with van der Waals surface area (Å²) in [6.45, 7) is 5.31.